The standard InChI is InChI=1S/C17H23N3O2S/c1-12(2)7-10-22-13(3)16(21)19-14-5-4-6-15(11-14)20-9-8-18-17(20)23/h4-6,8-9,11-13H,7,10H2,1-3H3,(H,18,23)(H,19,21)/t13-/m0/s1. The van der Waals surface area contributed by atoms with Crippen molar-refractivity contribution in [3.63, 3.8) is 0 Å². The van der Waals surface area contributed by atoms with Crippen LogP contribution in [0.25, 0.3) is 5.69 Å². The second-order valence-corrected chi connectivity index (χ2v) is 6.26. The van der Waals surface area contributed by atoms with Gasteiger partial charge in [0.25, 0.3) is 5.91 Å². The number of nitrogens with one attached hydrogen (secondary N) is 2. The highest BCUT2D eigenvalue weighted by atomic mass is 32.1. The smallest absolute Gasteiger partial charge is 0.253 e. The van der Waals surface area contributed by atoms with Crippen LogP contribution in [0.15, 0.2) is 36.7 Å². The summed E-state index contributed by atoms with van der Waals surface area (Å²) in [7, 11) is 0. The molecule has 1 atom stereocenters. The molecule has 124 valence electrons. The first kappa shape index (κ1) is 17.4. The van der Waals surface area contributed by atoms with Gasteiger partial charge in [0.15, 0.2) is 4.77 Å². The predicted octanol–water partition coefficient (Wildman–Crippen LogP) is 3.92. The number of amides is 1. The van der Waals surface area contributed by atoms with Gasteiger partial charge in [-0.3, -0.25) is 9.36 Å². The maximum Gasteiger partial charge on any atom is 0.253 e. The van der Waals surface area contributed by atoms with Gasteiger partial charge in [-0.1, -0.05) is 19.9 Å². The fourth-order valence-corrected chi connectivity index (χ4v) is 2.29. The van der Waals surface area contributed by atoms with Crippen LogP contribution < -0.4 is 5.32 Å². The zero-order valence-corrected chi connectivity index (χ0v) is 14.5. The summed E-state index contributed by atoms with van der Waals surface area (Å²) >= 11 is 5.21. The number of anilines is 1. The van der Waals surface area contributed by atoms with Crippen molar-refractivity contribution in [2.24, 2.45) is 5.92 Å². The molecule has 1 amide bonds. The number of carbonyl (C=O) groups is 1. The zero-order chi connectivity index (χ0) is 16.8. The highest BCUT2D eigenvalue weighted by Crippen LogP contribution is 2.15. The molecule has 0 unspecified atom stereocenters. The molecule has 0 bridgehead atoms. The van der Waals surface area contributed by atoms with E-state index in [1.807, 2.05) is 35.0 Å². The third-order valence-electron chi connectivity index (χ3n) is 3.47. The number of carbonyl (C=O) groups excluding carboxylic acids is 1. The van der Waals surface area contributed by atoms with Crippen molar-refractivity contribution in [2.75, 3.05) is 11.9 Å². The number of H-pyrrole nitrogens is 1. The molecule has 2 N–H and O–H groups in total. The van der Waals surface area contributed by atoms with E-state index in [1.165, 1.54) is 0 Å². The molecular weight excluding hydrogens is 310 g/mol. The molecule has 1 aromatic carbocycles. The van der Waals surface area contributed by atoms with E-state index in [4.69, 9.17) is 17.0 Å². The summed E-state index contributed by atoms with van der Waals surface area (Å²) in [5.41, 5.74) is 1.61. The molecule has 5 nitrogen and oxygen atoms in total. The minimum atomic E-state index is -0.480. The van der Waals surface area contributed by atoms with Crippen LogP contribution in [0.4, 0.5) is 5.69 Å². The third kappa shape index (κ3) is 5.04. The quantitative estimate of drug-likeness (QED) is 0.755. The molecule has 0 aliphatic carbocycles. The molecule has 0 saturated carbocycles. The molecule has 2 aromatic rings. The van der Waals surface area contributed by atoms with Gasteiger partial charge < -0.3 is 15.0 Å². The average Bonchev–Trinajstić information content (AvgIpc) is 2.93. The Morgan fingerprint density at radius 1 is 1.39 bits per heavy atom. The summed E-state index contributed by atoms with van der Waals surface area (Å²) < 4.78 is 8.02. The Kier molecular flexibility index (Phi) is 6.12. The van der Waals surface area contributed by atoms with E-state index in [2.05, 4.69) is 24.1 Å². The monoisotopic (exact) mass is 333 g/mol. The van der Waals surface area contributed by atoms with Gasteiger partial charge in [0.05, 0.1) is 0 Å². The van der Waals surface area contributed by atoms with E-state index < -0.39 is 6.10 Å². The summed E-state index contributed by atoms with van der Waals surface area (Å²) in [5, 5.41) is 2.88. The molecule has 0 fully saturated rings. The minimum Gasteiger partial charge on any atom is -0.369 e. The van der Waals surface area contributed by atoms with Crippen LogP contribution in [-0.4, -0.2) is 28.2 Å². The van der Waals surface area contributed by atoms with Crippen molar-refractivity contribution >= 4 is 23.8 Å². The van der Waals surface area contributed by atoms with E-state index >= 15 is 0 Å². The molecule has 0 saturated heterocycles. The predicted molar refractivity (Wildman–Crippen MR) is 94.5 cm³/mol. The summed E-state index contributed by atoms with van der Waals surface area (Å²) in [4.78, 5) is 15.1. The first-order valence-corrected chi connectivity index (χ1v) is 8.17. The van der Waals surface area contributed by atoms with Crippen molar-refractivity contribution < 1.29 is 9.53 Å². The summed E-state index contributed by atoms with van der Waals surface area (Å²) in [6, 6.07) is 7.53. The van der Waals surface area contributed by atoms with Crippen molar-refractivity contribution in [2.45, 2.75) is 33.3 Å². The number of ether oxygens (including phenoxy) is 1. The van der Waals surface area contributed by atoms with E-state index in [9.17, 15) is 4.79 Å². The summed E-state index contributed by atoms with van der Waals surface area (Å²) in [6.45, 7) is 6.62. The lowest BCUT2D eigenvalue weighted by Crippen LogP contribution is -2.28. The SMILES string of the molecule is CC(C)CCO[C@@H](C)C(=O)Nc1cccc(-n2cc[nH]c2=S)c1. The van der Waals surface area contributed by atoms with Gasteiger partial charge in [-0.15, -0.1) is 0 Å². The fraction of sp³-hybridized carbons (Fsp3) is 0.412. The summed E-state index contributed by atoms with van der Waals surface area (Å²) in [6.07, 6.45) is 4.09. The van der Waals surface area contributed by atoms with Crippen LogP contribution in [0.2, 0.25) is 0 Å². The normalized spacial score (nSPS) is 12.3. The molecule has 23 heavy (non-hydrogen) atoms. The van der Waals surface area contributed by atoms with Crippen LogP contribution >= 0.6 is 12.2 Å². The summed E-state index contributed by atoms with van der Waals surface area (Å²) in [5.74, 6) is 0.413. The largest absolute Gasteiger partial charge is 0.369 e. The van der Waals surface area contributed by atoms with Crippen molar-refractivity contribution in [3.8, 4) is 5.69 Å². The lowest BCUT2D eigenvalue weighted by atomic mass is 10.1. The highest BCUT2D eigenvalue weighted by Gasteiger charge is 2.14. The lowest BCUT2D eigenvalue weighted by molar-refractivity contribution is -0.126. The van der Waals surface area contributed by atoms with Crippen molar-refractivity contribution in [1.29, 1.82) is 0 Å². The number of rotatable bonds is 7. The van der Waals surface area contributed by atoms with Gasteiger partial charge >= 0.3 is 0 Å². The van der Waals surface area contributed by atoms with Crippen molar-refractivity contribution in [3.05, 3.63) is 41.4 Å². The van der Waals surface area contributed by atoms with Crippen LogP contribution in [0.5, 0.6) is 0 Å². The van der Waals surface area contributed by atoms with Gasteiger partial charge in [-0.05, 0) is 49.7 Å². The molecule has 0 aliphatic heterocycles. The van der Waals surface area contributed by atoms with E-state index in [1.54, 1.807) is 13.1 Å². The molecule has 2 rings (SSSR count). The number of aromatic nitrogens is 2. The second-order valence-electron chi connectivity index (χ2n) is 5.87. The first-order valence-electron chi connectivity index (χ1n) is 7.76. The molecule has 0 aliphatic rings. The van der Waals surface area contributed by atoms with Crippen LogP contribution in [0.1, 0.15) is 27.2 Å². The van der Waals surface area contributed by atoms with Crippen LogP contribution in [-0.2, 0) is 9.53 Å². The maximum atomic E-state index is 12.2. The van der Waals surface area contributed by atoms with Gasteiger partial charge in [-0.25, -0.2) is 0 Å². The number of imidazole rings is 1. The Morgan fingerprint density at radius 3 is 2.83 bits per heavy atom. The molecular formula is C17H23N3O2S. The third-order valence-corrected chi connectivity index (χ3v) is 3.79. The number of aromatic amines is 1. The second kappa shape index (κ2) is 8.08. The topological polar surface area (TPSA) is 59.0 Å². The Labute approximate surface area is 141 Å². The molecule has 0 radical (unpaired) electrons. The molecule has 1 aromatic heterocycles. The van der Waals surface area contributed by atoms with Gasteiger partial charge in [0, 0.05) is 30.4 Å². The van der Waals surface area contributed by atoms with E-state index in [-0.39, 0.29) is 5.91 Å². The number of hydrogen-bond acceptors (Lipinski definition) is 3. The van der Waals surface area contributed by atoms with Gasteiger partial charge in [0.1, 0.15) is 6.10 Å². The Bertz CT molecular complexity index is 706. The average molecular weight is 333 g/mol. The maximum absolute atomic E-state index is 12.2. The zero-order valence-electron chi connectivity index (χ0n) is 13.7. The molecule has 6 heteroatoms. The minimum absolute atomic E-state index is 0.149. The van der Waals surface area contributed by atoms with Crippen molar-refractivity contribution in [1.82, 2.24) is 9.55 Å². The van der Waals surface area contributed by atoms with Gasteiger partial charge in [-0.2, -0.15) is 0 Å². The van der Waals surface area contributed by atoms with Crippen LogP contribution in [0.3, 0.4) is 0 Å². The van der Waals surface area contributed by atoms with Gasteiger partial charge in [0.2, 0.25) is 0 Å². The Balaban J connectivity index is 1.99. The number of nitrogens with zero attached hydrogens (tertiary/aromatic N) is 1. The number of hydrogen-bond donors (Lipinski definition) is 2. The fourth-order valence-electron chi connectivity index (χ4n) is 2.06. The Morgan fingerprint density at radius 2 is 2.17 bits per heavy atom. The van der Waals surface area contributed by atoms with E-state index in [0.29, 0.717) is 17.3 Å². The Hall–Kier alpha value is -1.92. The molecule has 1 heterocycles. The highest BCUT2D eigenvalue weighted by molar-refractivity contribution is 7.71. The number of benzene rings is 1. The molecule has 0 spiro atoms. The van der Waals surface area contributed by atoms with E-state index in [0.717, 1.165) is 17.8 Å². The lowest BCUT2D eigenvalue weighted by Gasteiger charge is -2.15. The van der Waals surface area contributed by atoms with Crippen LogP contribution in [0, 0.1) is 10.7 Å². The first-order chi connectivity index (χ1) is 11.0.